The van der Waals surface area contributed by atoms with Crippen LogP contribution < -0.4 is 14.8 Å². The minimum Gasteiger partial charge on any atom is -0.497 e. The first kappa shape index (κ1) is 15.4. The summed E-state index contributed by atoms with van der Waals surface area (Å²) in [6, 6.07) is 15.4. The van der Waals surface area contributed by atoms with Gasteiger partial charge < -0.3 is 14.8 Å². The molecule has 2 aromatic carbocycles. The summed E-state index contributed by atoms with van der Waals surface area (Å²) in [6.45, 7) is 2.58. The zero-order chi connectivity index (χ0) is 16.2. The molecule has 0 bridgehead atoms. The standard InChI is InChI=1S/C19H21NO3/c1-3-23-16-10-6-14(7-11-16)20-19(21)18-12-17(18)13-4-8-15(22-2)9-5-13/h4-11,17-18H,3,12H2,1-2H3,(H,20,21). The molecule has 0 spiro atoms. The summed E-state index contributed by atoms with van der Waals surface area (Å²) >= 11 is 0. The first-order chi connectivity index (χ1) is 11.2. The summed E-state index contributed by atoms with van der Waals surface area (Å²) in [5.74, 6) is 2.09. The number of hydrogen-bond donors (Lipinski definition) is 1. The molecule has 4 nitrogen and oxygen atoms in total. The van der Waals surface area contributed by atoms with Crippen LogP contribution in [0.4, 0.5) is 5.69 Å². The van der Waals surface area contributed by atoms with Crippen LogP contribution in [0.5, 0.6) is 11.5 Å². The average molecular weight is 311 g/mol. The van der Waals surface area contributed by atoms with Gasteiger partial charge in [-0.15, -0.1) is 0 Å². The lowest BCUT2D eigenvalue weighted by molar-refractivity contribution is -0.117. The number of rotatable bonds is 6. The highest BCUT2D eigenvalue weighted by molar-refractivity contribution is 5.95. The first-order valence-corrected chi connectivity index (χ1v) is 7.89. The highest BCUT2D eigenvalue weighted by Gasteiger charge is 2.43. The monoisotopic (exact) mass is 311 g/mol. The minimum atomic E-state index is 0.0509. The SMILES string of the molecule is CCOc1ccc(NC(=O)C2CC2c2ccc(OC)cc2)cc1. The molecule has 1 aliphatic rings. The number of nitrogens with one attached hydrogen (secondary N) is 1. The molecule has 2 atom stereocenters. The Morgan fingerprint density at radius 1 is 1.09 bits per heavy atom. The third kappa shape index (κ3) is 3.65. The van der Waals surface area contributed by atoms with Gasteiger partial charge in [0.15, 0.2) is 0 Å². The molecule has 2 unspecified atom stereocenters. The Morgan fingerprint density at radius 2 is 1.74 bits per heavy atom. The number of anilines is 1. The molecule has 1 fully saturated rings. The van der Waals surface area contributed by atoms with Gasteiger partial charge in [-0.3, -0.25) is 4.79 Å². The molecular formula is C19H21NO3. The lowest BCUT2D eigenvalue weighted by atomic mass is 10.1. The zero-order valence-corrected chi connectivity index (χ0v) is 13.4. The van der Waals surface area contributed by atoms with Crippen molar-refractivity contribution in [3.63, 3.8) is 0 Å². The van der Waals surface area contributed by atoms with Crippen LogP contribution >= 0.6 is 0 Å². The number of ether oxygens (including phenoxy) is 2. The maximum absolute atomic E-state index is 12.3. The summed E-state index contributed by atoms with van der Waals surface area (Å²) in [4.78, 5) is 12.3. The smallest absolute Gasteiger partial charge is 0.228 e. The lowest BCUT2D eigenvalue weighted by Crippen LogP contribution is -2.14. The van der Waals surface area contributed by atoms with E-state index in [0.29, 0.717) is 12.5 Å². The van der Waals surface area contributed by atoms with Crippen molar-refractivity contribution in [1.82, 2.24) is 0 Å². The average Bonchev–Trinajstić information content (AvgIpc) is 3.38. The number of amides is 1. The number of methoxy groups -OCH3 is 1. The van der Waals surface area contributed by atoms with Crippen molar-refractivity contribution in [3.05, 3.63) is 54.1 Å². The molecule has 1 saturated carbocycles. The normalized spacial score (nSPS) is 19.0. The lowest BCUT2D eigenvalue weighted by Gasteiger charge is -2.07. The third-order valence-electron chi connectivity index (χ3n) is 4.10. The van der Waals surface area contributed by atoms with E-state index in [1.54, 1.807) is 7.11 Å². The fourth-order valence-electron chi connectivity index (χ4n) is 2.74. The van der Waals surface area contributed by atoms with Gasteiger partial charge in [0.05, 0.1) is 13.7 Å². The van der Waals surface area contributed by atoms with Crippen LogP contribution in [-0.2, 0) is 4.79 Å². The van der Waals surface area contributed by atoms with Crippen LogP contribution in [-0.4, -0.2) is 19.6 Å². The number of carbonyl (C=O) groups is 1. The predicted molar refractivity (Wildman–Crippen MR) is 90.1 cm³/mol. The molecule has 0 heterocycles. The van der Waals surface area contributed by atoms with Crippen molar-refractivity contribution in [3.8, 4) is 11.5 Å². The van der Waals surface area contributed by atoms with Crippen LogP contribution in [0.2, 0.25) is 0 Å². The van der Waals surface area contributed by atoms with E-state index in [1.165, 1.54) is 5.56 Å². The van der Waals surface area contributed by atoms with Crippen LogP contribution in [0.15, 0.2) is 48.5 Å². The molecular weight excluding hydrogens is 290 g/mol. The molecule has 1 amide bonds. The molecule has 0 aromatic heterocycles. The molecule has 1 N–H and O–H groups in total. The van der Waals surface area contributed by atoms with E-state index >= 15 is 0 Å². The molecule has 2 aromatic rings. The Bertz CT molecular complexity index is 664. The maximum Gasteiger partial charge on any atom is 0.228 e. The minimum absolute atomic E-state index is 0.0509. The van der Waals surface area contributed by atoms with Gasteiger partial charge in [0.2, 0.25) is 5.91 Å². The highest BCUT2D eigenvalue weighted by atomic mass is 16.5. The van der Waals surface area contributed by atoms with Gasteiger partial charge in [0.1, 0.15) is 11.5 Å². The maximum atomic E-state index is 12.3. The molecule has 0 radical (unpaired) electrons. The number of hydrogen-bond acceptors (Lipinski definition) is 3. The second-order valence-electron chi connectivity index (χ2n) is 5.67. The summed E-state index contributed by atoms with van der Waals surface area (Å²) in [7, 11) is 1.65. The van der Waals surface area contributed by atoms with E-state index in [4.69, 9.17) is 9.47 Å². The molecule has 23 heavy (non-hydrogen) atoms. The van der Waals surface area contributed by atoms with E-state index in [-0.39, 0.29) is 11.8 Å². The van der Waals surface area contributed by atoms with Crippen molar-refractivity contribution in [1.29, 1.82) is 0 Å². The van der Waals surface area contributed by atoms with Crippen LogP contribution in [0, 0.1) is 5.92 Å². The second kappa shape index (κ2) is 6.73. The van der Waals surface area contributed by atoms with Crippen molar-refractivity contribution in [2.45, 2.75) is 19.3 Å². The molecule has 4 heteroatoms. The van der Waals surface area contributed by atoms with Crippen molar-refractivity contribution in [2.24, 2.45) is 5.92 Å². The summed E-state index contributed by atoms with van der Waals surface area (Å²) < 4.78 is 10.6. The Balaban J connectivity index is 1.57. The van der Waals surface area contributed by atoms with Crippen molar-refractivity contribution in [2.75, 3.05) is 19.0 Å². The third-order valence-corrected chi connectivity index (χ3v) is 4.10. The first-order valence-electron chi connectivity index (χ1n) is 7.89. The molecule has 0 saturated heterocycles. The molecule has 120 valence electrons. The van der Waals surface area contributed by atoms with Gasteiger partial charge in [-0.1, -0.05) is 12.1 Å². The molecule has 0 aliphatic heterocycles. The fourth-order valence-corrected chi connectivity index (χ4v) is 2.74. The largest absolute Gasteiger partial charge is 0.497 e. The van der Waals surface area contributed by atoms with E-state index in [9.17, 15) is 4.79 Å². The Kier molecular flexibility index (Phi) is 4.51. The van der Waals surface area contributed by atoms with Crippen molar-refractivity contribution >= 4 is 11.6 Å². The Labute approximate surface area is 136 Å². The van der Waals surface area contributed by atoms with Crippen LogP contribution in [0.25, 0.3) is 0 Å². The highest BCUT2D eigenvalue weighted by Crippen LogP contribution is 2.48. The summed E-state index contributed by atoms with van der Waals surface area (Å²) in [6.07, 6.45) is 0.898. The quantitative estimate of drug-likeness (QED) is 0.882. The topological polar surface area (TPSA) is 47.6 Å². The van der Waals surface area contributed by atoms with E-state index in [0.717, 1.165) is 23.6 Å². The molecule has 1 aliphatic carbocycles. The van der Waals surface area contributed by atoms with Gasteiger partial charge in [0.25, 0.3) is 0 Å². The molecule has 3 rings (SSSR count). The van der Waals surface area contributed by atoms with Crippen LogP contribution in [0.1, 0.15) is 24.8 Å². The van der Waals surface area contributed by atoms with Gasteiger partial charge >= 0.3 is 0 Å². The van der Waals surface area contributed by atoms with E-state index < -0.39 is 0 Å². The Hall–Kier alpha value is -2.49. The van der Waals surface area contributed by atoms with E-state index in [1.807, 2.05) is 55.5 Å². The summed E-state index contributed by atoms with van der Waals surface area (Å²) in [5.41, 5.74) is 2.00. The summed E-state index contributed by atoms with van der Waals surface area (Å²) in [5, 5.41) is 2.98. The van der Waals surface area contributed by atoms with Gasteiger partial charge in [0, 0.05) is 11.6 Å². The van der Waals surface area contributed by atoms with Crippen LogP contribution in [0.3, 0.4) is 0 Å². The van der Waals surface area contributed by atoms with E-state index in [2.05, 4.69) is 5.32 Å². The number of benzene rings is 2. The Morgan fingerprint density at radius 3 is 2.35 bits per heavy atom. The van der Waals surface area contributed by atoms with Crippen molar-refractivity contribution < 1.29 is 14.3 Å². The number of carbonyl (C=O) groups excluding carboxylic acids is 1. The van der Waals surface area contributed by atoms with Gasteiger partial charge in [-0.2, -0.15) is 0 Å². The van der Waals surface area contributed by atoms with Gasteiger partial charge in [-0.05, 0) is 61.2 Å². The second-order valence-corrected chi connectivity index (χ2v) is 5.67. The fraction of sp³-hybridized carbons (Fsp3) is 0.316. The zero-order valence-electron chi connectivity index (χ0n) is 13.4. The van der Waals surface area contributed by atoms with Gasteiger partial charge in [-0.25, -0.2) is 0 Å². The predicted octanol–water partition coefficient (Wildman–Crippen LogP) is 3.84.